The molecule has 0 radical (unpaired) electrons. The van der Waals surface area contributed by atoms with Crippen LogP contribution in [-0.2, 0) is 14.3 Å². The van der Waals surface area contributed by atoms with Crippen molar-refractivity contribution in [2.75, 3.05) is 20.3 Å². The zero-order valence-corrected chi connectivity index (χ0v) is 10.7. The first kappa shape index (κ1) is 14.5. The van der Waals surface area contributed by atoms with E-state index in [4.69, 9.17) is 9.47 Å². The van der Waals surface area contributed by atoms with Gasteiger partial charge in [-0.2, -0.15) is 0 Å². The van der Waals surface area contributed by atoms with Crippen LogP contribution in [0.1, 0.15) is 51.4 Å². The lowest BCUT2D eigenvalue weighted by Crippen LogP contribution is -2.42. The topological polar surface area (TPSA) is 55.8 Å². The van der Waals surface area contributed by atoms with E-state index >= 15 is 0 Å². The van der Waals surface area contributed by atoms with Crippen molar-refractivity contribution in [1.82, 2.24) is 0 Å². The first-order valence-corrected chi connectivity index (χ1v) is 6.57. The van der Waals surface area contributed by atoms with Crippen LogP contribution in [-0.4, -0.2) is 37.0 Å². The Balaban J connectivity index is 2.49. The molecule has 4 heteroatoms. The summed E-state index contributed by atoms with van der Waals surface area (Å²) in [4.78, 5) is 11.4. The second kappa shape index (κ2) is 7.67. The van der Waals surface area contributed by atoms with Crippen LogP contribution >= 0.6 is 0 Å². The second-order valence-corrected chi connectivity index (χ2v) is 4.76. The van der Waals surface area contributed by atoms with Gasteiger partial charge in [0.1, 0.15) is 0 Å². The predicted molar refractivity (Wildman–Crippen MR) is 65.1 cm³/mol. The Morgan fingerprint density at radius 1 is 1.12 bits per heavy atom. The predicted octanol–water partition coefficient (Wildman–Crippen LogP) is 2.61. The highest BCUT2D eigenvalue weighted by Crippen LogP contribution is 2.30. The standard InChI is InChI=1S/C13H24O4/c1-16-10-7-11-17-13(12(14)15)8-5-3-2-4-6-9-13/h2-11H2,1H3,(H,14,15). The maximum atomic E-state index is 11.4. The van der Waals surface area contributed by atoms with Gasteiger partial charge < -0.3 is 14.6 Å². The van der Waals surface area contributed by atoms with Gasteiger partial charge in [-0.3, -0.25) is 0 Å². The fraction of sp³-hybridized carbons (Fsp3) is 0.923. The summed E-state index contributed by atoms with van der Waals surface area (Å²) in [5.41, 5.74) is -0.936. The fourth-order valence-corrected chi connectivity index (χ4v) is 2.37. The average molecular weight is 244 g/mol. The molecular formula is C13H24O4. The van der Waals surface area contributed by atoms with Crippen molar-refractivity contribution in [3.63, 3.8) is 0 Å². The molecular weight excluding hydrogens is 220 g/mol. The third-order valence-corrected chi connectivity index (χ3v) is 3.42. The van der Waals surface area contributed by atoms with Crippen LogP contribution in [0.2, 0.25) is 0 Å². The number of hydrogen-bond donors (Lipinski definition) is 1. The van der Waals surface area contributed by atoms with Gasteiger partial charge in [0.15, 0.2) is 5.60 Å². The zero-order valence-electron chi connectivity index (χ0n) is 10.7. The largest absolute Gasteiger partial charge is 0.479 e. The maximum Gasteiger partial charge on any atom is 0.335 e. The van der Waals surface area contributed by atoms with Crippen LogP contribution < -0.4 is 0 Å². The van der Waals surface area contributed by atoms with Crippen molar-refractivity contribution in [3.05, 3.63) is 0 Å². The molecule has 0 amide bonds. The quantitative estimate of drug-likeness (QED) is 0.730. The smallest absolute Gasteiger partial charge is 0.335 e. The number of carboxylic acid groups (broad SMARTS) is 1. The lowest BCUT2D eigenvalue weighted by atomic mass is 9.87. The van der Waals surface area contributed by atoms with E-state index in [1.165, 1.54) is 6.42 Å². The van der Waals surface area contributed by atoms with E-state index in [9.17, 15) is 9.90 Å². The SMILES string of the molecule is COCCCOC1(C(=O)O)CCCCCCC1. The van der Waals surface area contributed by atoms with Crippen molar-refractivity contribution in [2.24, 2.45) is 0 Å². The van der Waals surface area contributed by atoms with Crippen LogP contribution in [0.5, 0.6) is 0 Å². The number of aliphatic carboxylic acids is 1. The molecule has 0 unspecified atom stereocenters. The molecule has 0 saturated heterocycles. The van der Waals surface area contributed by atoms with Crippen molar-refractivity contribution in [1.29, 1.82) is 0 Å². The van der Waals surface area contributed by atoms with E-state index in [2.05, 4.69) is 0 Å². The highest BCUT2D eigenvalue weighted by molar-refractivity contribution is 5.77. The molecule has 0 aromatic heterocycles. The van der Waals surface area contributed by atoms with Gasteiger partial charge in [-0.05, 0) is 32.1 Å². The summed E-state index contributed by atoms with van der Waals surface area (Å²) < 4.78 is 10.6. The Labute approximate surface area is 103 Å². The normalized spacial score (nSPS) is 20.5. The molecule has 1 N–H and O–H groups in total. The van der Waals surface area contributed by atoms with Crippen molar-refractivity contribution >= 4 is 5.97 Å². The summed E-state index contributed by atoms with van der Waals surface area (Å²) in [6, 6.07) is 0. The minimum Gasteiger partial charge on any atom is -0.479 e. The number of methoxy groups -OCH3 is 1. The van der Waals surface area contributed by atoms with Crippen LogP contribution in [0.4, 0.5) is 0 Å². The van der Waals surface area contributed by atoms with E-state index in [0.717, 1.165) is 32.1 Å². The highest BCUT2D eigenvalue weighted by atomic mass is 16.5. The van der Waals surface area contributed by atoms with Gasteiger partial charge >= 0.3 is 5.97 Å². The number of carbonyl (C=O) groups is 1. The Morgan fingerprint density at radius 3 is 2.24 bits per heavy atom. The molecule has 1 saturated carbocycles. The fourth-order valence-electron chi connectivity index (χ4n) is 2.37. The lowest BCUT2D eigenvalue weighted by molar-refractivity contribution is -0.169. The van der Waals surface area contributed by atoms with E-state index < -0.39 is 11.6 Å². The summed E-state index contributed by atoms with van der Waals surface area (Å²) in [6.45, 7) is 1.09. The molecule has 4 nitrogen and oxygen atoms in total. The van der Waals surface area contributed by atoms with Crippen LogP contribution in [0.3, 0.4) is 0 Å². The van der Waals surface area contributed by atoms with Crippen molar-refractivity contribution in [2.45, 2.75) is 57.0 Å². The third kappa shape index (κ3) is 4.64. The molecule has 0 bridgehead atoms. The van der Waals surface area contributed by atoms with Gasteiger partial charge in [0, 0.05) is 13.7 Å². The molecule has 0 aromatic carbocycles. The van der Waals surface area contributed by atoms with E-state index in [0.29, 0.717) is 26.1 Å². The third-order valence-electron chi connectivity index (χ3n) is 3.42. The van der Waals surface area contributed by atoms with Crippen LogP contribution in [0.25, 0.3) is 0 Å². The summed E-state index contributed by atoms with van der Waals surface area (Å²) in [6.07, 6.45) is 7.43. The van der Waals surface area contributed by atoms with Crippen LogP contribution in [0, 0.1) is 0 Å². The molecule has 0 aliphatic heterocycles. The molecule has 100 valence electrons. The van der Waals surface area contributed by atoms with Gasteiger partial charge in [-0.15, -0.1) is 0 Å². The lowest BCUT2D eigenvalue weighted by Gasteiger charge is -2.31. The summed E-state index contributed by atoms with van der Waals surface area (Å²) in [5.74, 6) is -0.795. The maximum absolute atomic E-state index is 11.4. The van der Waals surface area contributed by atoms with Crippen molar-refractivity contribution in [3.8, 4) is 0 Å². The molecule has 17 heavy (non-hydrogen) atoms. The Bertz CT molecular complexity index is 219. The number of carboxylic acids is 1. The van der Waals surface area contributed by atoms with Gasteiger partial charge in [0.25, 0.3) is 0 Å². The monoisotopic (exact) mass is 244 g/mol. The second-order valence-electron chi connectivity index (χ2n) is 4.76. The first-order chi connectivity index (χ1) is 8.21. The molecule has 0 heterocycles. The minimum atomic E-state index is -0.936. The minimum absolute atomic E-state index is 0.472. The summed E-state index contributed by atoms with van der Waals surface area (Å²) in [5, 5.41) is 9.41. The van der Waals surface area contributed by atoms with Gasteiger partial charge in [-0.25, -0.2) is 4.79 Å². The van der Waals surface area contributed by atoms with E-state index in [-0.39, 0.29) is 0 Å². The number of ether oxygens (including phenoxy) is 2. The van der Waals surface area contributed by atoms with E-state index in [1.54, 1.807) is 7.11 Å². The zero-order chi connectivity index (χ0) is 12.6. The average Bonchev–Trinajstić information content (AvgIpc) is 2.26. The Hall–Kier alpha value is -0.610. The molecule has 0 spiro atoms. The van der Waals surface area contributed by atoms with Gasteiger partial charge in [-0.1, -0.05) is 19.3 Å². The molecule has 1 fully saturated rings. The van der Waals surface area contributed by atoms with Gasteiger partial charge in [0.05, 0.1) is 6.61 Å². The summed E-state index contributed by atoms with van der Waals surface area (Å²) in [7, 11) is 1.64. The first-order valence-electron chi connectivity index (χ1n) is 6.57. The summed E-state index contributed by atoms with van der Waals surface area (Å²) >= 11 is 0. The molecule has 1 aliphatic carbocycles. The molecule has 1 rings (SSSR count). The van der Waals surface area contributed by atoms with Crippen LogP contribution in [0.15, 0.2) is 0 Å². The Kier molecular flexibility index (Phi) is 6.52. The molecule has 0 aromatic rings. The molecule has 0 atom stereocenters. The Morgan fingerprint density at radius 2 is 1.71 bits per heavy atom. The molecule has 1 aliphatic rings. The van der Waals surface area contributed by atoms with Crippen molar-refractivity contribution < 1.29 is 19.4 Å². The number of rotatable bonds is 6. The number of hydrogen-bond acceptors (Lipinski definition) is 3. The van der Waals surface area contributed by atoms with Gasteiger partial charge in [0.2, 0.25) is 0 Å². The highest BCUT2D eigenvalue weighted by Gasteiger charge is 2.38. The van der Waals surface area contributed by atoms with E-state index in [1.807, 2.05) is 0 Å².